The molecule has 0 spiro atoms. The largest absolute Gasteiger partial charge is 0.495 e. The number of benzene rings is 1. The Kier molecular flexibility index (Phi) is 3.86. The fraction of sp³-hybridized carbons (Fsp3) is 0.250. The number of methoxy groups -OCH3 is 1. The molecule has 1 atom stereocenters. The minimum absolute atomic E-state index is 0.158. The molecule has 5 heteroatoms. The highest BCUT2D eigenvalue weighted by atomic mass is 35.5. The van der Waals surface area contributed by atoms with Crippen LogP contribution in [0.3, 0.4) is 0 Å². The van der Waals surface area contributed by atoms with Crippen molar-refractivity contribution in [2.45, 2.75) is 13.0 Å². The van der Waals surface area contributed by atoms with Gasteiger partial charge in [-0.2, -0.15) is 0 Å². The molecular weight excluding hydrogens is 256 g/mol. The number of thiazole rings is 1. The van der Waals surface area contributed by atoms with Crippen LogP contribution >= 0.6 is 22.9 Å². The highest BCUT2D eigenvalue weighted by Crippen LogP contribution is 2.29. The third-order valence-corrected chi connectivity index (χ3v) is 3.33. The number of halogens is 1. The van der Waals surface area contributed by atoms with Crippen LogP contribution in [0.4, 0.5) is 5.69 Å². The van der Waals surface area contributed by atoms with Gasteiger partial charge in [0, 0.05) is 11.1 Å². The first-order valence-electron chi connectivity index (χ1n) is 5.19. The van der Waals surface area contributed by atoms with Crippen molar-refractivity contribution < 1.29 is 4.74 Å². The molecule has 1 aromatic heterocycles. The average molecular weight is 269 g/mol. The van der Waals surface area contributed by atoms with Crippen LogP contribution < -0.4 is 10.1 Å². The van der Waals surface area contributed by atoms with Crippen LogP contribution in [0.15, 0.2) is 29.1 Å². The van der Waals surface area contributed by atoms with Crippen LogP contribution in [0.25, 0.3) is 0 Å². The van der Waals surface area contributed by atoms with Gasteiger partial charge in [-0.1, -0.05) is 11.6 Å². The molecule has 0 radical (unpaired) electrons. The van der Waals surface area contributed by atoms with E-state index in [0.29, 0.717) is 10.8 Å². The van der Waals surface area contributed by atoms with Gasteiger partial charge in [0.15, 0.2) is 0 Å². The SMILES string of the molecule is COc1ccc(NC(C)c2cscn2)cc1Cl. The highest BCUT2D eigenvalue weighted by Gasteiger charge is 2.08. The zero-order valence-electron chi connectivity index (χ0n) is 9.61. The molecule has 1 aromatic carbocycles. The summed E-state index contributed by atoms with van der Waals surface area (Å²) in [7, 11) is 1.60. The van der Waals surface area contributed by atoms with Crippen molar-refractivity contribution in [3.63, 3.8) is 0 Å². The van der Waals surface area contributed by atoms with Crippen LogP contribution in [0.5, 0.6) is 5.75 Å². The number of nitrogens with one attached hydrogen (secondary N) is 1. The van der Waals surface area contributed by atoms with E-state index in [0.717, 1.165) is 11.4 Å². The van der Waals surface area contributed by atoms with Crippen molar-refractivity contribution >= 4 is 28.6 Å². The minimum Gasteiger partial charge on any atom is -0.495 e. The number of nitrogens with zero attached hydrogens (tertiary/aromatic N) is 1. The van der Waals surface area contributed by atoms with Crippen molar-refractivity contribution in [2.24, 2.45) is 0 Å². The molecule has 1 heterocycles. The lowest BCUT2D eigenvalue weighted by Crippen LogP contribution is -2.06. The Bertz CT molecular complexity index is 487. The molecule has 2 rings (SSSR count). The Morgan fingerprint density at radius 3 is 2.88 bits per heavy atom. The van der Waals surface area contributed by atoms with E-state index in [1.54, 1.807) is 18.4 Å². The average Bonchev–Trinajstić information content (AvgIpc) is 2.82. The maximum atomic E-state index is 6.06. The smallest absolute Gasteiger partial charge is 0.137 e. The van der Waals surface area contributed by atoms with Gasteiger partial charge in [0.05, 0.1) is 29.4 Å². The first-order chi connectivity index (χ1) is 8.20. The second-order valence-corrected chi connectivity index (χ2v) is 4.75. The van der Waals surface area contributed by atoms with E-state index in [9.17, 15) is 0 Å². The molecule has 0 bridgehead atoms. The van der Waals surface area contributed by atoms with Gasteiger partial charge in [-0.05, 0) is 25.1 Å². The van der Waals surface area contributed by atoms with Crippen LogP contribution in [-0.2, 0) is 0 Å². The molecule has 0 saturated heterocycles. The van der Waals surface area contributed by atoms with Crippen LogP contribution in [0.2, 0.25) is 5.02 Å². The summed E-state index contributed by atoms with van der Waals surface area (Å²) in [6.45, 7) is 2.06. The normalized spacial score (nSPS) is 12.2. The molecule has 0 aliphatic heterocycles. The monoisotopic (exact) mass is 268 g/mol. The molecule has 0 aliphatic carbocycles. The lowest BCUT2D eigenvalue weighted by Gasteiger charge is -2.14. The fourth-order valence-corrected chi connectivity index (χ4v) is 2.42. The zero-order chi connectivity index (χ0) is 12.3. The van der Waals surface area contributed by atoms with Gasteiger partial charge in [-0.3, -0.25) is 0 Å². The Morgan fingerprint density at radius 1 is 1.47 bits per heavy atom. The van der Waals surface area contributed by atoms with E-state index in [1.165, 1.54) is 0 Å². The Balaban J connectivity index is 2.11. The summed E-state index contributed by atoms with van der Waals surface area (Å²) in [4.78, 5) is 4.27. The van der Waals surface area contributed by atoms with E-state index in [4.69, 9.17) is 16.3 Å². The van der Waals surface area contributed by atoms with Crippen LogP contribution in [0.1, 0.15) is 18.7 Å². The highest BCUT2D eigenvalue weighted by molar-refractivity contribution is 7.07. The summed E-state index contributed by atoms with van der Waals surface area (Å²) in [5.41, 5.74) is 3.81. The molecule has 90 valence electrons. The molecule has 2 aromatic rings. The zero-order valence-corrected chi connectivity index (χ0v) is 11.2. The van der Waals surface area contributed by atoms with Gasteiger partial charge in [-0.25, -0.2) is 4.98 Å². The number of hydrogen-bond donors (Lipinski definition) is 1. The standard InChI is InChI=1S/C12H13ClN2OS/c1-8(11-6-17-7-14-11)15-9-3-4-12(16-2)10(13)5-9/h3-8,15H,1-2H3. The summed E-state index contributed by atoms with van der Waals surface area (Å²) in [6.07, 6.45) is 0. The molecule has 0 saturated carbocycles. The molecule has 1 unspecified atom stereocenters. The molecule has 1 N–H and O–H groups in total. The maximum Gasteiger partial charge on any atom is 0.137 e. The predicted molar refractivity (Wildman–Crippen MR) is 72.2 cm³/mol. The van der Waals surface area contributed by atoms with E-state index in [2.05, 4.69) is 17.2 Å². The van der Waals surface area contributed by atoms with Crippen molar-refractivity contribution in [3.05, 3.63) is 39.8 Å². The Hall–Kier alpha value is -1.26. The summed E-state index contributed by atoms with van der Waals surface area (Å²) in [5.74, 6) is 0.679. The van der Waals surface area contributed by atoms with Crippen molar-refractivity contribution in [3.8, 4) is 5.75 Å². The minimum atomic E-state index is 0.158. The second-order valence-electron chi connectivity index (χ2n) is 3.63. The second kappa shape index (κ2) is 5.38. The molecular formula is C12H13ClN2OS. The van der Waals surface area contributed by atoms with Crippen molar-refractivity contribution in [1.82, 2.24) is 4.98 Å². The Morgan fingerprint density at radius 2 is 2.29 bits per heavy atom. The van der Waals surface area contributed by atoms with Gasteiger partial charge >= 0.3 is 0 Å². The third kappa shape index (κ3) is 2.90. The van der Waals surface area contributed by atoms with Gasteiger partial charge in [0.1, 0.15) is 5.75 Å². The van der Waals surface area contributed by atoms with Gasteiger partial charge < -0.3 is 10.1 Å². The van der Waals surface area contributed by atoms with E-state index < -0.39 is 0 Å². The summed E-state index contributed by atoms with van der Waals surface area (Å²) in [6, 6.07) is 5.79. The lowest BCUT2D eigenvalue weighted by atomic mass is 10.2. The molecule has 0 amide bonds. The van der Waals surface area contributed by atoms with Crippen LogP contribution in [0, 0.1) is 0 Å². The quantitative estimate of drug-likeness (QED) is 0.911. The summed E-state index contributed by atoms with van der Waals surface area (Å²) in [5, 5.41) is 5.97. The van der Waals surface area contributed by atoms with Gasteiger partial charge in [0.25, 0.3) is 0 Å². The van der Waals surface area contributed by atoms with Gasteiger partial charge in [-0.15, -0.1) is 11.3 Å². The molecule has 3 nitrogen and oxygen atoms in total. The number of ether oxygens (including phenoxy) is 1. The summed E-state index contributed by atoms with van der Waals surface area (Å²) < 4.78 is 5.11. The fourth-order valence-electron chi connectivity index (χ4n) is 1.52. The number of hydrogen-bond acceptors (Lipinski definition) is 4. The third-order valence-electron chi connectivity index (χ3n) is 2.43. The van der Waals surface area contributed by atoms with Crippen molar-refractivity contribution in [2.75, 3.05) is 12.4 Å². The van der Waals surface area contributed by atoms with Crippen LogP contribution in [-0.4, -0.2) is 12.1 Å². The number of rotatable bonds is 4. The molecule has 0 fully saturated rings. The van der Waals surface area contributed by atoms with Gasteiger partial charge in [0.2, 0.25) is 0 Å². The Labute approximate surface area is 109 Å². The summed E-state index contributed by atoms with van der Waals surface area (Å²) >= 11 is 7.65. The molecule has 0 aliphatic rings. The number of anilines is 1. The predicted octanol–water partition coefficient (Wildman–Crippen LogP) is 3.98. The number of aromatic nitrogens is 1. The van der Waals surface area contributed by atoms with E-state index in [-0.39, 0.29) is 6.04 Å². The van der Waals surface area contributed by atoms with E-state index in [1.807, 2.05) is 29.1 Å². The van der Waals surface area contributed by atoms with E-state index >= 15 is 0 Å². The topological polar surface area (TPSA) is 34.1 Å². The first-order valence-corrected chi connectivity index (χ1v) is 6.51. The molecule has 17 heavy (non-hydrogen) atoms. The first kappa shape index (κ1) is 12.2. The maximum absolute atomic E-state index is 6.06. The van der Waals surface area contributed by atoms with Crippen molar-refractivity contribution in [1.29, 1.82) is 0 Å². The lowest BCUT2D eigenvalue weighted by molar-refractivity contribution is 0.415.